The number of aliphatic hydroxyl groups is 1. The van der Waals surface area contributed by atoms with E-state index in [9.17, 15) is 19.5 Å². The van der Waals surface area contributed by atoms with Gasteiger partial charge >= 0.3 is 17.6 Å². The van der Waals surface area contributed by atoms with Crippen LogP contribution in [0.15, 0.2) is 95.8 Å². The van der Waals surface area contributed by atoms with Crippen LogP contribution >= 0.6 is 0 Å². The molecule has 8 nitrogen and oxygen atoms in total. The van der Waals surface area contributed by atoms with Gasteiger partial charge in [0.15, 0.2) is 0 Å². The SMILES string of the molecule is CC1(C)OC(=O)C2(C(=O)O1)C(c1ccccc1)=C(O)c1[nH]c(=O)nc(-c3ccccc3)c1C2c1ccccc1. The summed E-state index contributed by atoms with van der Waals surface area (Å²) in [4.78, 5) is 48.4. The summed E-state index contributed by atoms with van der Waals surface area (Å²) in [5.74, 6) is -4.79. The Morgan fingerprint density at radius 3 is 1.85 bits per heavy atom. The molecular weight excluding hydrogens is 496 g/mol. The van der Waals surface area contributed by atoms with Crippen LogP contribution in [0, 0.1) is 5.41 Å². The van der Waals surface area contributed by atoms with E-state index >= 15 is 0 Å². The molecule has 3 aromatic carbocycles. The highest BCUT2D eigenvalue weighted by atomic mass is 16.7. The predicted molar refractivity (Wildman–Crippen MR) is 143 cm³/mol. The molecule has 1 aliphatic carbocycles. The minimum absolute atomic E-state index is 0.0178. The second-order valence-electron chi connectivity index (χ2n) is 9.97. The normalized spacial score (nSPS) is 19.3. The molecule has 1 atom stereocenters. The third-order valence-corrected chi connectivity index (χ3v) is 7.12. The van der Waals surface area contributed by atoms with Gasteiger partial charge in [0.1, 0.15) is 5.76 Å². The van der Waals surface area contributed by atoms with Crippen molar-refractivity contribution in [2.45, 2.75) is 25.6 Å². The summed E-state index contributed by atoms with van der Waals surface area (Å²) < 4.78 is 11.5. The van der Waals surface area contributed by atoms with Gasteiger partial charge in [0, 0.05) is 36.5 Å². The molecule has 1 saturated heterocycles. The maximum absolute atomic E-state index is 14.3. The minimum atomic E-state index is -2.15. The van der Waals surface area contributed by atoms with Crippen molar-refractivity contribution in [1.29, 1.82) is 0 Å². The van der Waals surface area contributed by atoms with Crippen LogP contribution in [0.4, 0.5) is 0 Å². The highest BCUT2D eigenvalue weighted by Gasteiger charge is 2.67. The first-order valence-electron chi connectivity index (χ1n) is 12.4. The van der Waals surface area contributed by atoms with Crippen molar-refractivity contribution in [3.63, 3.8) is 0 Å². The molecule has 1 spiro atoms. The number of cyclic esters (lactones) is 2. The van der Waals surface area contributed by atoms with Crippen molar-refractivity contribution in [2.24, 2.45) is 5.41 Å². The van der Waals surface area contributed by atoms with Crippen LogP contribution < -0.4 is 5.69 Å². The maximum atomic E-state index is 14.3. The van der Waals surface area contributed by atoms with Crippen LogP contribution in [0.5, 0.6) is 0 Å². The average molecular weight is 521 g/mol. The zero-order valence-corrected chi connectivity index (χ0v) is 21.2. The van der Waals surface area contributed by atoms with Crippen LogP contribution in [0.2, 0.25) is 0 Å². The van der Waals surface area contributed by atoms with Gasteiger partial charge in [0.05, 0.1) is 11.4 Å². The van der Waals surface area contributed by atoms with E-state index in [0.29, 0.717) is 22.3 Å². The number of nitrogens with zero attached hydrogens (tertiary/aromatic N) is 1. The molecule has 1 unspecified atom stereocenters. The van der Waals surface area contributed by atoms with E-state index in [0.717, 1.165) is 0 Å². The van der Waals surface area contributed by atoms with Gasteiger partial charge < -0.3 is 19.6 Å². The topological polar surface area (TPSA) is 119 Å². The van der Waals surface area contributed by atoms with E-state index < -0.39 is 40.5 Å². The Bertz CT molecular complexity index is 1670. The molecule has 4 aromatic rings. The average Bonchev–Trinajstić information content (AvgIpc) is 2.92. The zero-order valence-electron chi connectivity index (χ0n) is 21.2. The third-order valence-electron chi connectivity index (χ3n) is 7.12. The van der Waals surface area contributed by atoms with E-state index in [4.69, 9.17) is 9.47 Å². The number of nitrogens with one attached hydrogen (secondary N) is 1. The first kappa shape index (κ1) is 24.4. The molecule has 0 amide bonds. The molecule has 0 radical (unpaired) electrons. The molecular formula is C31H24N2O6. The van der Waals surface area contributed by atoms with Crippen molar-refractivity contribution in [3.8, 4) is 11.3 Å². The standard InChI is InChI=1S/C31H24N2O6/c1-30(2)38-27(35)31(28(36)39-30)22(18-12-6-3-7-13-18)21-24(20-16-10-5-11-17-20)32-29(37)33-25(21)26(34)23(31)19-14-8-4-9-15-19/h3-17,22,34H,1-2H3,(H,32,33,37). The number of hydrogen-bond acceptors (Lipinski definition) is 7. The molecule has 1 fully saturated rings. The Hall–Kier alpha value is -4.98. The summed E-state index contributed by atoms with van der Waals surface area (Å²) in [6, 6.07) is 26.5. The van der Waals surface area contributed by atoms with E-state index in [-0.39, 0.29) is 17.0 Å². The smallest absolute Gasteiger partial charge is 0.346 e. The molecule has 39 heavy (non-hydrogen) atoms. The van der Waals surface area contributed by atoms with Gasteiger partial charge in [-0.3, -0.25) is 9.59 Å². The second-order valence-corrected chi connectivity index (χ2v) is 9.97. The first-order chi connectivity index (χ1) is 18.7. The lowest BCUT2D eigenvalue weighted by Gasteiger charge is -2.47. The fourth-order valence-corrected chi connectivity index (χ4v) is 5.62. The van der Waals surface area contributed by atoms with E-state index in [1.807, 2.05) is 12.1 Å². The number of hydrogen-bond donors (Lipinski definition) is 2. The zero-order chi connectivity index (χ0) is 27.4. The summed E-state index contributed by atoms with van der Waals surface area (Å²) in [7, 11) is 0. The molecule has 8 heteroatoms. The number of carbonyl (C=O) groups excluding carboxylic acids is 2. The number of H-pyrrole nitrogens is 1. The number of aliphatic hydroxyl groups excluding tert-OH is 1. The van der Waals surface area contributed by atoms with Crippen molar-refractivity contribution in [2.75, 3.05) is 0 Å². The first-order valence-corrected chi connectivity index (χ1v) is 12.4. The predicted octanol–water partition coefficient (Wildman–Crippen LogP) is 4.83. The number of rotatable bonds is 3. The Balaban J connectivity index is 1.82. The molecule has 0 saturated carbocycles. The van der Waals surface area contributed by atoms with Crippen molar-refractivity contribution >= 4 is 23.3 Å². The number of benzene rings is 3. The largest absolute Gasteiger partial charge is 0.505 e. The number of ether oxygens (including phenoxy) is 2. The molecule has 1 aliphatic heterocycles. The Labute approximate surface area is 223 Å². The van der Waals surface area contributed by atoms with Gasteiger partial charge in [0.25, 0.3) is 5.79 Å². The number of carbonyl (C=O) groups is 2. The molecule has 194 valence electrons. The van der Waals surface area contributed by atoms with E-state index in [1.165, 1.54) is 13.8 Å². The van der Waals surface area contributed by atoms with Gasteiger partial charge in [-0.05, 0) is 11.1 Å². The van der Waals surface area contributed by atoms with Gasteiger partial charge in [0.2, 0.25) is 5.41 Å². The third kappa shape index (κ3) is 3.67. The number of esters is 2. The van der Waals surface area contributed by atoms with Crippen LogP contribution in [-0.2, 0) is 19.1 Å². The molecule has 0 bridgehead atoms. The van der Waals surface area contributed by atoms with Crippen molar-refractivity contribution in [1.82, 2.24) is 9.97 Å². The fraction of sp³-hybridized carbons (Fsp3) is 0.161. The van der Waals surface area contributed by atoms with Gasteiger partial charge in [-0.25, -0.2) is 4.79 Å². The summed E-state index contributed by atoms with van der Waals surface area (Å²) >= 11 is 0. The second kappa shape index (κ2) is 8.80. The summed E-state index contributed by atoms with van der Waals surface area (Å²) in [6.07, 6.45) is 0. The molecule has 6 rings (SSSR count). The molecule has 2 N–H and O–H groups in total. The number of aromatic nitrogens is 2. The molecule has 1 aromatic heterocycles. The van der Waals surface area contributed by atoms with Crippen molar-refractivity contribution in [3.05, 3.63) is 124 Å². The maximum Gasteiger partial charge on any atom is 0.346 e. The highest BCUT2D eigenvalue weighted by molar-refractivity contribution is 6.19. The van der Waals surface area contributed by atoms with Crippen LogP contribution in [0.25, 0.3) is 22.6 Å². The minimum Gasteiger partial charge on any atom is -0.505 e. The monoisotopic (exact) mass is 520 g/mol. The van der Waals surface area contributed by atoms with Crippen LogP contribution in [0.1, 0.15) is 42.1 Å². The number of fused-ring (bicyclic) bond motifs is 1. The van der Waals surface area contributed by atoms with Gasteiger partial charge in [-0.15, -0.1) is 0 Å². The number of aromatic amines is 1. The summed E-state index contributed by atoms with van der Waals surface area (Å²) in [5, 5.41) is 11.9. The Morgan fingerprint density at radius 2 is 1.28 bits per heavy atom. The summed E-state index contributed by atoms with van der Waals surface area (Å²) in [5.41, 5.74) is -0.723. The van der Waals surface area contributed by atoms with Gasteiger partial charge in [-0.2, -0.15) is 4.98 Å². The fourth-order valence-electron chi connectivity index (χ4n) is 5.62. The van der Waals surface area contributed by atoms with Crippen molar-refractivity contribution < 1.29 is 24.2 Å². The highest BCUT2D eigenvalue weighted by Crippen LogP contribution is 2.60. The molecule has 2 heterocycles. The lowest BCUT2D eigenvalue weighted by Crippen LogP contribution is -2.58. The lowest BCUT2D eigenvalue weighted by molar-refractivity contribution is -0.247. The quantitative estimate of drug-likeness (QED) is 0.293. The lowest BCUT2D eigenvalue weighted by atomic mass is 9.58. The molecule has 2 aliphatic rings. The van der Waals surface area contributed by atoms with E-state index in [1.54, 1.807) is 78.9 Å². The van der Waals surface area contributed by atoms with Crippen LogP contribution in [-0.4, -0.2) is 32.8 Å². The van der Waals surface area contributed by atoms with Gasteiger partial charge in [-0.1, -0.05) is 91.0 Å². The van der Waals surface area contributed by atoms with E-state index in [2.05, 4.69) is 9.97 Å². The van der Waals surface area contributed by atoms with Crippen LogP contribution in [0.3, 0.4) is 0 Å². The Kier molecular flexibility index (Phi) is 5.50. The summed E-state index contributed by atoms with van der Waals surface area (Å²) in [6.45, 7) is 2.95. The Morgan fingerprint density at radius 1 is 0.769 bits per heavy atom.